The Balaban J connectivity index is 1.03. The van der Waals surface area contributed by atoms with Crippen molar-refractivity contribution in [3.05, 3.63) is 116 Å². The Morgan fingerprint density at radius 2 is 0.643 bits per heavy atom. The molecule has 7 aromatic heterocycles. The lowest BCUT2D eigenvalue weighted by Crippen LogP contribution is -2.03. The van der Waals surface area contributed by atoms with Crippen LogP contribution in [-0.2, 0) is 0 Å². The highest BCUT2D eigenvalue weighted by molar-refractivity contribution is 5.78. The molecule has 0 fully saturated rings. The van der Waals surface area contributed by atoms with Gasteiger partial charge in [0.05, 0.1) is 0 Å². The zero-order valence-corrected chi connectivity index (χ0v) is 22.1. The minimum atomic E-state index is 0.625. The predicted octanol–water partition coefficient (Wildman–Crippen LogP) is 6.73. The Hall–Kier alpha value is -6.23. The Bertz CT molecular complexity index is 1890. The largest absolute Gasteiger partial charge is 0.325 e. The Kier molecular flexibility index (Phi) is 6.55. The average Bonchev–Trinajstić information content (AvgIpc) is 3.01. The summed E-state index contributed by atoms with van der Waals surface area (Å²) in [5, 5.41) is 15.0. The van der Waals surface area contributed by atoms with Crippen molar-refractivity contribution >= 4 is 68.6 Å². The summed E-state index contributed by atoms with van der Waals surface area (Å²) in [7, 11) is 0. The van der Waals surface area contributed by atoms with Crippen LogP contribution in [0.4, 0.5) is 46.5 Å². The Labute approximate surface area is 240 Å². The number of pyridine rings is 7. The van der Waals surface area contributed by atoms with Crippen molar-refractivity contribution in [3.8, 4) is 0 Å². The topological polar surface area (TPSA) is 138 Å². The third kappa shape index (κ3) is 5.70. The van der Waals surface area contributed by atoms with Gasteiger partial charge in [-0.05, 0) is 84.9 Å². The van der Waals surface area contributed by atoms with Crippen molar-refractivity contribution in [2.45, 2.75) is 0 Å². The van der Waals surface area contributed by atoms with E-state index in [0.717, 1.165) is 10.8 Å². The quantitative estimate of drug-likeness (QED) is 0.160. The van der Waals surface area contributed by atoms with Gasteiger partial charge in [0.1, 0.15) is 46.5 Å². The van der Waals surface area contributed by atoms with Crippen LogP contribution < -0.4 is 21.3 Å². The first-order valence-electron chi connectivity index (χ1n) is 13.2. The number of nitrogens with one attached hydrogen (secondary N) is 4. The minimum absolute atomic E-state index is 0.625. The van der Waals surface area contributed by atoms with Crippen LogP contribution in [0.15, 0.2) is 116 Å². The first-order valence-corrected chi connectivity index (χ1v) is 13.2. The smallest absolute Gasteiger partial charge is 0.161 e. The molecule has 0 saturated carbocycles. The molecule has 7 rings (SSSR count). The van der Waals surface area contributed by atoms with Crippen molar-refractivity contribution < 1.29 is 0 Å². The summed E-state index contributed by atoms with van der Waals surface area (Å²) in [6, 6.07) is 32.4. The van der Waals surface area contributed by atoms with E-state index in [4.69, 9.17) is 0 Å². The third-order valence-corrected chi connectivity index (χ3v) is 6.20. The molecule has 11 heteroatoms. The normalized spacial score (nSPS) is 10.9. The molecule has 0 amide bonds. The maximum atomic E-state index is 4.67. The van der Waals surface area contributed by atoms with Crippen LogP contribution in [0.25, 0.3) is 22.1 Å². The van der Waals surface area contributed by atoms with E-state index < -0.39 is 0 Å². The fraction of sp³-hybridized carbons (Fsp3) is 0. The van der Waals surface area contributed by atoms with Crippen LogP contribution in [0, 0.1) is 0 Å². The molecule has 0 aliphatic carbocycles. The number of anilines is 8. The van der Waals surface area contributed by atoms with E-state index in [2.05, 4.69) is 56.2 Å². The number of hydrogen-bond acceptors (Lipinski definition) is 11. The van der Waals surface area contributed by atoms with E-state index in [1.807, 2.05) is 103 Å². The molecule has 0 saturated heterocycles. The first-order chi connectivity index (χ1) is 20.7. The lowest BCUT2D eigenvalue weighted by atomic mass is 10.3. The van der Waals surface area contributed by atoms with Crippen LogP contribution in [0.3, 0.4) is 0 Å². The van der Waals surface area contributed by atoms with E-state index in [1.54, 1.807) is 12.4 Å². The van der Waals surface area contributed by atoms with E-state index in [-0.39, 0.29) is 0 Å². The van der Waals surface area contributed by atoms with Crippen LogP contribution in [0.5, 0.6) is 0 Å². The van der Waals surface area contributed by atoms with Crippen molar-refractivity contribution in [1.29, 1.82) is 0 Å². The van der Waals surface area contributed by atoms with Gasteiger partial charge in [-0.25, -0.2) is 34.9 Å². The van der Waals surface area contributed by atoms with E-state index in [1.165, 1.54) is 0 Å². The predicted molar refractivity (Wildman–Crippen MR) is 165 cm³/mol. The molecular formula is C31H23N11. The number of rotatable bonds is 8. The second kappa shape index (κ2) is 11.1. The minimum Gasteiger partial charge on any atom is -0.325 e. The molecular weight excluding hydrogens is 526 g/mol. The standard InChI is InChI=1S/C31H23N11/c1-8-22(35-24-10-2-12-26(37-24)39-28-16-14-20-6-4-18-32-30(20)41-28)34-23(9-1)36-25-11-3-13-27(38-25)40-29-17-15-21-7-5-19-33-31(21)42-29/h1-19H,(H4,32,33,34,35,36,37,38,39,40,41,42). The van der Waals surface area contributed by atoms with E-state index >= 15 is 0 Å². The second-order valence-electron chi connectivity index (χ2n) is 9.22. The Morgan fingerprint density at radius 1 is 0.310 bits per heavy atom. The van der Waals surface area contributed by atoms with Crippen LogP contribution in [0.1, 0.15) is 0 Å². The SMILES string of the molecule is c1cc(Nc2cccc(Nc3ccc4cccnc4n3)n2)nc(Nc2cccc(Nc3ccc4cccnc4n3)n2)c1. The fourth-order valence-electron chi connectivity index (χ4n) is 4.29. The van der Waals surface area contributed by atoms with Crippen molar-refractivity contribution in [1.82, 2.24) is 34.9 Å². The number of hydrogen-bond donors (Lipinski definition) is 4. The summed E-state index contributed by atoms with van der Waals surface area (Å²) >= 11 is 0. The van der Waals surface area contributed by atoms with Gasteiger partial charge in [0.15, 0.2) is 11.3 Å². The number of aromatic nitrogens is 7. The summed E-state index contributed by atoms with van der Waals surface area (Å²) in [6.45, 7) is 0. The highest BCUT2D eigenvalue weighted by atomic mass is 15.2. The van der Waals surface area contributed by atoms with Crippen molar-refractivity contribution in [3.63, 3.8) is 0 Å². The molecule has 42 heavy (non-hydrogen) atoms. The molecule has 202 valence electrons. The van der Waals surface area contributed by atoms with Crippen LogP contribution in [-0.4, -0.2) is 34.9 Å². The molecule has 0 radical (unpaired) electrons. The van der Waals surface area contributed by atoms with Gasteiger partial charge in [-0.3, -0.25) is 0 Å². The van der Waals surface area contributed by atoms with Gasteiger partial charge in [0.2, 0.25) is 0 Å². The van der Waals surface area contributed by atoms with Gasteiger partial charge in [-0.1, -0.05) is 18.2 Å². The molecule has 7 aromatic rings. The van der Waals surface area contributed by atoms with Gasteiger partial charge >= 0.3 is 0 Å². The summed E-state index contributed by atoms with van der Waals surface area (Å²) in [5.41, 5.74) is 1.34. The zero-order valence-electron chi connectivity index (χ0n) is 22.1. The number of nitrogens with zero attached hydrogens (tertiary/aromatic N) is 7. The molecule has 4 N–H and O–H groups in total. The van der Waals surface area contributed by atoms with E-state index in [9.17, 15) is 0 Å². The molecule has 0 aromatic carbocycles. The van der Waals surface area contributed by atoms with Gasteiger partial charge in [-0.2, -0.15) is 0 Å². The lowest BCUT2D eigenvalue weighted by Gasteiger charge is -2.11. The summed E-state index contributed by atoms with van der Waals surface area (Å²) in [4.78, 5) is 31.7. The monoisotopic (exact) mass is 549 g/mol. The Morgan fingerprint density at radius 3 is 1.00 bits per heavy atom. The molecule has 11 nitrogen and oxygen atoms in total. The third-order valence-electron chi connectivity index (χ3n) is 6.20. The molecule has 0 atom stereocenters. The first kappa shape index (κ1) is 24.8. The van der Waals surface area contributed by atoms with Gasteiger partial charge in [0.25, 0.3) is 0 Å². The summed E-state index contributed by atoms with van der Waals surface area (Å²) in [5.74, 6) is 5.11. The molecule has 0 aliphatic rings. The highest BCUT2D eigenvalue weighted by Crippen LogP contribution is 2.22. The summed E-state index contributed by atoms with van der Waals surface area (Å²) in [6.07, 6.45) is 3.45. The van der Waals surface area contributed by atoms with Gasteiger partial charge in [-0.15, -0.1) is 0 Å². The number of fused-ring (bicyclic) bond motifs is 2. The highest BCUT2D eigenvalue weighted by Gasteiger charge is 2.06. The second-order valence-corrected chi connectivity index (χ2v) is 9.22. The summed E-state index contributed by atoms with van der Waals surface area (Å²) < 4.78 is 0. The molecule has 7 heterocycles. The van der Waals surface area contributed by atoms with Crippen LogP contribution in [0.2, 0.25) is 0 Å². The van der Waals surface area contributed by atoms with Crippen LogP contribution >= 0.6 is 0 Å². The van der Waals surface area contributed by atoms with Crippen molar-refractivity contribution in [2.24, 2.45) is 0 Å². The maximum Gasteiger partial charge on any atom is 0.161 e. The van der Waals surface area contributed by atoms with Gasteiger partial charge in [0, 0.05) is 23.2 Å². The van der Waals surface area contributed by atoms with Gasteiger partial charge < -0.3 is 21.3 Å². The average molecular weight is 550 g/mol. The molecule has 0 unspecified atom stereocenters. The van der Waals surface area contributed by atoms with E-state index in [0.29, 0.717) is 57.8 Å². The molecule has 0 bridgehead atoms. The lowest BCUT2D eigenvalue weighted by molar-refractivity contribution is 1.21. The zero-order chi connectivity index (χ0) is 28.1. The molecule has 0 spiro atoms. The fourth-order valence-corrected chi connectivity index (χ4v) is 4.29. The van der Waals surface area contributed by atoms with Crippen molar-refractivity contribution in [2.75, 3.05) is 21.3 Å². The maximum absolute atomic E-state index is 4.67. The molecule has 0 aliphatic heterocycles.